The van der Waals surface area contributed by atoms with Crippen molar-refractivity contribution in [2.75, 3.05) is 6.61 Å². The van der Waals surface area contributed by atoms with E-state index in [2.05, 4.69) is 0 Å². The molecule has 0 unspecified atom stereocenters. The summed E-state index contributed by atoms with van der Waals surface area (Å²) in [5.74, 6) is 0.139. The normalized spacial score (nSPS) is 10.7. The SMILES string of the molecule is Cc1cc2oc(=O)cc(COC(=O)COc3ccccc3C)c2cc1C. The van der Waals surface area contributed by atoms with Crippen LogP contribution in [0.25, 0.3) is 11.0 Å². The van der Waals surface area contributed by atoms with Crippen LogP contribution in [0.15, 0.2) is 51.7 Å². The maximum absolute atomic E-state index is 12.0. The van der Waals surface area contributed by atoms with Gasteiger partial charge in [0.25, 0.3) is 0 Å². The number of ether oxygens (including phenoxy) is 2. The molecule has 2 aromatic carbocycles. The predicted molar refractivity (Wildman–Crippen MR) is 98.4 cm³/mol. The fourth-order valence-corrected chi connectivity index (χ4v) is 2.66. The minimum absolute atomic E-state index is 0.0133. The number of aryl methyl sites for hydroxylation is 3. The molecule has 0 bridgehead atoms. The van der Waals surface area contributed by atoms with Gasteiger partial charge in [0.05, 0.1) is 0 Å². The molecule has 1 aromatic heterocycles. The summed E-state index contributed by atoms with van der Waals surface area (Å²) in [6.07, 6.45) is 0. The highest BCUT2D eigenvalue weighted by Crippen LogP contribution is 2.22. The molecule has 0 fully saturated rings. The van der Waals surface area contributed by atoms with Gasteiger partial charge in [0, 0.05) is 17.0 Å². The molecule has 0 saturated heterocycles. The molecular formula is C21H20O5. The molecule has 0 aliphatic carbocycles. The van der Waals surface area contributed by atoms with Crippen LogP contribution in [0.1, 0.15) is 22.3 Å². The van der Waals surface area contributed by atoms with Crippen LogP contribution >= 0.6 is 0 Å². The summed E-state index contributed by atoms with van der Waals surface area (Å²) in [5.41, 5.74) is 3.68. The van der Waals surface area contributed by atoms with Gasteiger partial charge in [0.15, 0.2) is 6.61 Å². The van der Waals surface area contributed by atoms with Gasteiger partial charge in [-0.25, -0.2) is 9.59 Å². The number of para-hydroxylation sites is 1. The lowest BCUT2D eigenvalue weighted by atomic mass is 10.0. The number of fused-ring (bicyclic) bond motifs is 1. The standard InChI is InChI=1S/C21H20O5/c1-13-6-4-5-7-18(13)24-12-21(23)25-11-16-10-20(22)26-19-9-15(3)14(2)8-17(16)19/h4-10H,11-12H2,1-3H3. The molecule has 26 heavy (non-hydrogen) atoms. The first-order valence-electron chi connectivity index (χ1n) is 8.32. The van der Waals surface area contributed by atoms with E-state index in [4.69, 9.17) is 13.9 Å². The lowest BCUT2D eigenvalue weighted by molar-refractivity contribution is -0.147. The minimum Gasteiger partial charge on any atom is -0.482 e. The van der Waals surface area contributed by atoms with Crippen molar-refractivity contribution in [3.63, 3.8) is 0 Å². The van der Waals surface area contributed by atoms with E-state index in [9.17, 15) is 9.59 Å². The molecule has 5 nitrogen and oxygen atoms in total. The molecule has 0 radical (unpaired) electrons. The number of carbonyl (C=O) groups excluding carboxylic acids is 1. The number of hydrogen-bond donors (Lipinski definition) is 0. The molecule has 3 rings (SSSR count). The molecule has 0 amide bonds. The van der Waals surface area contributed by atoms with Crippen molar-refractivity contribution in [2.45, 2.75) is 27.4 Å². The van der Waals surface area contributed by atoms with E-state index in [0.717, 1.165) is 22.1 Å². The Balaban J connectivity index is 1.71. The molecule has 0 spiro atoms. The molecule has 0 N–H and O–H groups in total. The Morgan fingerprint density at radius 1 is 1.00 bits per heavy atom. The molecule has 3 aromatic rings. The van der Waals surface area contributed by atoms with Crippen molar-refractivity contribution >= 4 is 16.9 Å². The average molecular weight is 352 g/mol. The van der Waals surface area contributed by atoms with E-state index in [0.29, 0.717) is 16.9 Å². The van der Waals surface area contributed by atoms with Crippen LogP contribution in [0.5, 0.6) is 5.75 Å². The molecule has 1 heterocycles. The lowest BCUT2D eigenvalue weighted by Crippen LogP contribution is -2.15. The van der Waals surface area contributed by atoms with Crippen LogP contribution in [-0.2, 0) is 16.1 Å². The first kappa shape index (κ1) is 17.7. The Hall–Kier alpha value is -3.08. The minimum atomic E-state index is -0.501. The number of esters is 1. The second kappa shape index (κ2) is 7.44. The maximum Gasteiger partial charge on any atom is 0.344 e. The zero-order chi connectivity index (χ0) is 18.7. The number of benzene rings is 2. The predicted octanol–water partition coefficient (Wildman–Crippen LogP) is 3.84. The Morgan fingerprint density at radius 3 is 2.50 bits per heavy atom. The first-order chi connectivity index (χ1) is 12.4. The van der Waals surface area contributed by atoms with Crippen molar-refractivity contribution in [3.8, 4) is 5.75 Å². The van der Waals surface area contributed by atoms with Crippen LogP contribution in [0.2, 0.25) is 0 Å². The second-order valence-corrected chi connectivity index (χ2v) is 6.24. The highest BCUT2D eigenvalue weighted by molar-refractivity contribution is 5.82. The van der Waals surface area contributed by atoms with E-state index in [-0.39, 0.29) is 13.2 Å². The monoisotopic (exact) mass is 352 g/mol. The van der Waals surface area contributed by atoms with Crippen LogP contribution in [0, 0.1) is 20.8 Å². The van der Waals surface area contributed by atoms with Gasteiger partial charge in [-0.05, 0) is 55.7 Å². The summed E-state index contributed by atoms with van der Waals surface area (Å²) in [6, 6.07) is 12.5. The van der Waals surface area contributed by atoms with Gasteiger partial charge in [-0.15, -0.1) is 0 Å². The molecule has 0 saturated carbocycles. The van der Waals surface area contributed by atoms with E-state index >= 15 is 0 Å². The Bertz CT molecular complexity index is 1020. The van der Waals surface area contributed by atoms with Crippen molar-refractivity contribution in [1.82, 2.24) is 0 Å². The van der Waals surface area contributed by atoms with Crippen molar-refractivity contribution in [2.24, 2.45) is 0 Å². The van der Waals surface area contributed by atoms with E-state index < -0.39 is 11.6 Å². The first-order valence-corrected chi connectivity index (χ1v) is 8.32. The quantitative estimate of drug-likeness (QED) is 0.516. The van der Waals surface area contributed by atoms with Crippen molar-refractivity contribution in [3.05, 3.63) is 75.1 Å². The Kier molecular flexibility index (Phi) is 5.07. The van der Waals surface area contributed by atoms with E-state index in [1.807, 2.05) is 51.1 Å². The Morgan fingerprint density at radius 2 is 1.73 bits per heavy atom. The highest BCUT2D eigenvalue weighted by Gasteiger charge is 2.11. The number of carbonyl (C=O) groups is 1. The van der Waals surface area contributed by atoms with Crippen LogP contribution in [-0.4, -0.2) is 12.6 Å². The molecular weight excluding hydrogens is 332 g/mol. The van der Waals surface area contributed by atoms with E-state index in [1.165, 1.54) is 6.07 Å². The van der Waals surface area contributed by atoms with Gasteiger partial charge >= 0.3 is 11.6 Å². The third-order valence-electron chi connectivity index (χ3n) is 4.27. The van der Waals surface area contributed by atoms with Crippen molar-refractivity contribution < 1.29 is 18.7 Å². The van der Waals surface area contributed by atoms with Gasteiger partial charge in [-0.2, -0.15) is 0 Å². The van der Waals surface area contributed by atoms with Gasteiger partial charge in [0.1, 0.15) is 17.9 Å². The maximum atomic E-state index is 12.0. The molecule has 134 valence electrons. The Labute approximate surface area is 151 Å². The second-order valence-electron chi connectivity index (χ2n) is 6.24. The molecule has 5 heteroatoms. The third-order valence-corrected chi connectivity index (χ3v) is 4.27. The third kappa shape index (κ3) is 3.94. The molecule has 0 atom stereocenters. The summed E-state index contributed by atoms with van der Waals surface area (Å²) >= 11 is 0. The van der Waals surface area contributed by atoms with Crippen LogP contribution < -0.4 is 10.4 Å². The summed E-state index contributed by atoms with van der Waals surface area (Å²) in [4.78, 5) is 23.8. The van der Waals surface area contributed by atoms with Crippen LogP contribution in [0.3, 0.4) is 0 Å². The van der Waals surface area contributed by atoms with Crippen molar-refractivity contribution in [1.29, 1.82) is 0 Å². The van der Waals surface area contributed by atoms with Gasteiger partial charge in [0.2, 0.25) is 0 Å². The largest absolute Gasteiger partial charge is 0.482 e. The zero-order valence-electron chi connectivity index (χ0n) is 15.0. The molecule has 0 aliphatic heterocycles. The highest BCUT2D eigenvalue weighted by atomic mass is 16.6. The fraction of sp³-hybridized carbons (Fsp3) is 0.238. The van der Waals surface area contributed by atoms with Gasteiger partial charge in [-0.3, -0.25) is 0 Å². The smallest absolute Gasteiger partial charge is 0.344 e. The number of rotatable bonds is 5. The van der Waals surface area contributed by atoms with E-state index in [1.54, 1.807) is 6.07 Å². The summed E-state index contributed by atoms with van der Waals surface area (Å²) < 4.78 is 16.0. The summed E-state index contributed by atoms with van der Waals surface area (Å²) in [7, 11) is 0. The number of hydrogen-bond acceptors (Lipinski definition) is 5. The van der Waals surface area contributed by atoms with Gasteiger partial charge < -0.3 is 13.9 Å². The molecule has 0 aliphatic rings. The summed E-state index contributed by atoms with van der Waals surface area (Å²) in [6.45, 7) is 5.62. The average Bonchev–Trinajstić information content (AvgIpc) is 2.60. The fourth-order valence-electron chi connectivity index (χ4n) is 2.66. The summed E-state index contributed by atoms with van der Waals surface area (Å²) in [5, 5.41) is 0.764. The van der Waals surface area contributed by atoms with Crippen LogP contribution in [0.4, 0.5) is 0 Å². The lowest BCUT2D eigenvalue weighted by Gasteiger charge is -2.10. The zero-order valence-corrected chi connectivity index (χ0v) is 15.0. The topological polar surface area (TPSA) is 65.7 Å². The van der Waals surface area contributed by atoms with Gasteiger partial charge in [-0.1, -0.05) is 18.2 Å².